The van der Waals surface area contributed by atoms with Crippen LogP contribution in [0.15, 0.2) is 54.6 Å². The van der Waals surface area contributed by atoms with Gasteiger partial charge in [-0.25, -0.2) is 0 Å². The van der Waals surface area contributed by atoms with Crippen molar-refractivity contribution in [3.8, 4) is 0 Å². The summed E-state index contributed by atoms with van der Waals surface area (Å²) in [6.45, 7) is 4.18. The molecule has 160 valence electrons. The maximum Gasteiger partial charge on any atom is 0.237 e. The fourth-order valence-electron chi connectivity index (χ4n) is 4.86. The molecule has 30 heavy (non-hydrogen) atoms. The third-order valence-corrected chi connectivity index (χ3v) is 6.58. The van der Waals surface area contributed by atoms with Crippen LogP contribution in [-0.4, -0.2) is 50.3 Å². The topological polar surface area (TPSA) is 66.6 Å². The molecule has 0 aromatic heterocycles. The number of anilines is 1. The number of carbonyl (C=O) groups excluding carboxylic acids is 2. The van der Waals surface area contributed by atoms with E-state index in [4.69, 9.17) is 0 Å². The van der Waals surface area contributed by atoms with Crippen molar-refractivity contribution in [3.05, 3.63) is 65.7 Å². The van der Waals surface area contributed by atoms with Gasteiger partial charge in [-0.3, -0.25) is 9.59 Å². The normalized spacial score (nSPS) is 18.5. The molecule has 0 aliphatic carbocycles. The van der Waals surface area contributed by atoms with Crippen molar-refractivity contribution in [3.63, 3.8) is 0 Å². The maximum atomic E-state index is 13.1. The van der Waals surface area contributed by atoms with Crippen LogP contribution in [0.25, 0.3) is 0 Å². The molecule has 2 aromatic rings. The summed E-state index contributed by atoms with van der Waals surface area (Å²) in [5.41, 5.74) is 7.55. The average molecular weight is 408 g/mol. The summed E-state index contributed by atoms with van der Waals surface area (Å²) in [4.78, 5) is 29.5. The van der Waals surface area contributed by atoms with Crippen LogP contribution in [0.3, 0.4) is 0 Å². The van der Waals surface area contributed by atoms with E-state index in [0.29, 0.717) is 0 Å². The molecule has 2 N–H and O–H groups in total. The van der Waals surface area contributed by atoms with Gasteiger partial charge in [0.1, 0.15) is 5.78 Å². The molecule has 2 aliphatic heterocycles. The van der Waals surface area contributed by atoms with E-state index in [1.807, 2.05) is 48.3 Å². The Morgan fingerprint density at radius 1 is 1.03 bits per heavy atom. The number of para-hydroxylation sites is 1. The maximum absolute atomic E-state index is 13.1. The number of fused-ring (bicyclic) bond motifs is 2. The smallest absolute Gasteiger partial charge is 0.237 e. The van der Waals surface area contributed by atoms with Crippen molar-refractivity contribution < 1.29 is 9.59 Å². The first-order valence-electron chi connectivity index (χ1n) is 10.7. The van der Waals surface area contributed by atoms with Gasteiger partial charge in [-0.05, 0) is 63.5 Å². The van der Waals surface area contributed by atoms with Crippen LogP contribution in [0.1, 0.15) is 30.9 Å². The van der Waals surface area contributed by atoms with Gasteiger partial charge in [0, 0.05) is 25.2 Å². The molecule has 1 saturated heterocycles. The van der Waals surface area contributed by atoms with Crippen LogP contribution in [0.4, 0.5) is 5.69 Å². The second kappa shape index (κ2) is 9.54. The predicted octanol–water partition coefficient (Wildman–Crippen LogP) is 3.02. The number of nitrogens with zero attached hydrogens (tertiary/aromatic N) is 2. The molecule has 2 aromatic carbocycles. The van der Waals surface area contributed by atoms with Crippen molar-refractivity contribution in [2.45, 2.75) is 31.6 Å². The molecule has 2 aliphatic rings. The Hall–Kier alpha value is -2.50. The Balaban J connectivity index is 0.00000124. The zero-order valence-corrected chi connectivity index (χ0v) is 18.3. The molecule has 1 amide bonds. The lowest BCUT2D eigenvalue weighted by Crippen LogP contribution is -2.49. The number of carbonyl (C=O) groups is 2. The van der Waals surface area contributed by atoms with Gasteiger partial charge in [0.2, 0.25) is 5.91 Å². The van der Waals surface area contributed by atoms with Crippen LogP contribution in [-0.2, 0) is 21.4 Å². The summed E-state index contributed by atoms with van der Waals surface area (Å²) in [6, 6.07) is 18.4. The van der Waals surface area contributed by atoms with E-state index in [-0.39, 0.29) is 23.0 Å². The van der Waals surface area contributed by atoms with E-state index >= 15 is 0 Å². The summed E-state index contributed by atoms with van der Waals surface area (Å²) in [6.07, 6.45) is 2.43. The molecule has 5 nitrogen and oxygen atoms in total. The second-order valence-electron chi connectivity index (χ2n) is 8.26. The van der Waals surface area contributed by atoms with Crippen molar-refractivity contribution in [1.29, 1.82) is 0 Å². The highest BCUT2D eigenvalue weighted by Gasteiger charge is 2.50. The zero-order chi connectivity index (χ0) is 21.7. The molecular formula is C25H33N3O2. The molecule has 0 radical (unpaired) electrons. The van der Waals surface area contributed by atoms with Gasteiger partial charge >= 0.3 is 0 Å². The number of hydrogen-bond donors (Lipinski definition) is 1. The van der Waals surface area contributed by atoms with Gasteiger partial charge in [-0.15, -0.1) is 0 Å². The third kappa shape index (κ3) is 4.18. The second-order valence-corrected chi connectivity index (χ2v) is 8.26. The van der Waals surface area contributed by atoms with Crippen LogP contribution >= 0.6 is 0 Å². The van der Waals surface area contributed by atoms with Crippen molar-refractivity contribution >= 4 is 17.4 Å². The minimum atomic E-state index is -0.382. The Morgan fingerprint density at radius 2 is 1.63 bits per heavy atom. The minimum absolute atomic E-state index is 0.00527. The van der Waals surface area contributed by atoms with E-state index in [2.05, 4.69) is 28.8 Å². The van der Waals surface area contributed by atoms with Crippen molar-refractivity contribution in [1.82, 2.24) is 4.90 Å². The highest BCUT2D eigenvalue weighted by atomic mass is 16.2. The Kier molecular flexibility index (Phi) is 7.06. The van der Waals surface area contributed by atoms with E-state index < -0.39 is 0 Å². The number of rotatable bonds is 5. The van der Waals surface area contributed by atoms with Crippen molar-refractivity contribution in [2.75, 3.05) is 38.6 Å². The van der Waals surface area contributed by atoms with Gasteiger partial charge in [-0.1, -0.05) is 48.5 Å². The van der Waals surface area contributed by atoms with E-state index in [9.17, 15) is 9.59 Å². The minimum Gasteiger partial charge on any atom is -0.333 e. The average Bonchev–Trinajstić information content (AvgIpc) is 2.99. The molecule has 1 unspecified atom stereocenters. The van der Waals surface area contributed by atoms with Gasteiger partial charge in [0.05, 0.1) is 5.41 Å². The highest BCUT2D eigenvalue weighted by Crippen LogP contribution is 2.47. The van der Waals surface area contributed by atoms with Crippen molar-refractivity contribution in [2.24, 2.45) is 11.7 Å². The molecular weight excluding hydrogens is 374 g/mol. The van der Waals surface area contributed by atoms with Gasteiger partial charge in [0.15, 0.2) is 0 Å². The van der Waals surface area contributed by atoms with E-state index in [1.165, 1.54) is 18.2 Å². The van der Waals surface area contributed by atoms with Crippen LogP contribution in [0.2, 0.25) is 0 Å². The fourth-order valence-corrected chi connectivity index (χ4v) is 4.86. The molecule has 5 heteroatoms. The summed E-state index contributed by atoms with van der Waals surface area (Å²) in [7, 11) is 3.38. The van der Waals surface area contributed by atoms with E-state index in [1.54, 1.807) is 6.92 Å². The first-order valence-corrected chi connectivity index (χ1v) is 10.7. The first kappa shape index (κ1) is 22.2. The fraction of sp³-hybridized carbons (Fsp3) is 0.440. The molecule has 1 fully saturated rings. The zero-order valence-electron chi connectivity index (χ0n) is 18.3. The summed E-state index contributed by atoms with van der Waals surface area (Å²) < 4.78 is 0. The monoisotopic (exact) mass is 407 g/mol. The standard InChI is InChI=1S/C24H28N2O2.CH5N/c1-18(27)20(16-19-8-4-3-5-9-19)17-26-14-12-24(13-15-26)21-10-6-7-11-22(21)25(2)23(24)28;1-2/h3-11,20H,12-17H2,1-2H3;2H2,1H3. The number of benzene rings is 2. The van der Waals surface area contributed by atoms with Gasteiger partial charge < -0.3 is 15.5 Å². The number of likely N-dealkylation sites (N-methyl/N-ethyl adjacent to an activating group) is 1. The lowest BCUT2D eigenvalue weighted by atomic mass is 9.73. The molecule has 0 bridgehead atoms. The summed E-state index contributed by atoms with van der Waals surface area (Å²) in [5, 5.41) is 0. The number of likely N-dealkylation sites (tertiary alicyclic amines) is 1. The summed E-state index contributed by atoms with van der Waals surface area (Å²) in [5.74, 6) is 0.470. The van der Waals surface area contributed by atoms with Crippen LogP contribution < -0.4 is 10.6 Å². The molecule has 0 saturated carbocycles. The van der Waals surface area contributed by atoms with Crippen LogP contribution in [0, 0.1) is 5.92 Å². The van der Waals surface area contributed by atoms with Crippen LogP contribution in [0.5, 0.6) is 0 Å². The quantitative estimate of drug-likeness (QED) is 0.827. The van der Waals surface area contributed by atoms with E-state index in [0.717, 1.165) is 44.6 Å². The third-order valence-electron chi connectivity index (χ3n) is 6.58. The molecule has 4 rings (SSSR count). The lowest BCUT2D eigenvalue weighted by Gasteiger charge is -2.39. The molecule has 2 heterocycles. The predicted molar refractivity (Wildman–Crippen MR) is 122 cm³/mol. The SMILES string of the molecule is CC(=O)C(Cc1ccccc1)CN1CCC2(CC1)C(=O)N(C)c1ccccc12.CN. The molecule has 1 spiro atoms. The number of Topliss-reactive ketones (excluding diaryl/α,β-unsaturated/α-hetero) is 1. The number of nitrogens with two attached hydrogens (primary N) is 1. The number of hydrogen-bond acceptors (Lipinski definition) is 4. The molecule has 1 atom stereocenters. The summed E-state index contributed by atoms with van der Waals surface area (Å²) >= 11 is 0. The highest BCUT2D eigenvalue weighted by molar-refractivity contribution is 6.07. The number of piperidine rings is 1. The Bertz CT molecular complexity index is 873. The number of ketones is 1. The Labute approximate surface area is 179 Å². The first-order chi connectivity index (χ1) is 14.5. The van der Waals surface area contributed by atoms with Gasteiger partial charge in [0.25, 0.3) is 0 Å². The largest absolute Gasteiger partial charge is 0.333 e. The lowest BCUT2D eigenvalue weighted by molar-refractivity contribution is -0.125. The van der Waals surface area contributed by atoms with Gasteiger partial charge in [-0.2, -0.15) is 0 Å². The number of amides is 1. The Morgan fingerprint density at radius 3 is 2.27 bits per heavy atom.